The SMILES string of the molecule is COc1cccc(NC(=S)N/N=C2/CCc3ccccc32)c1. The molecule has 1 aliphatic carbocycles. The molecule has 1 aliphatic rings. The average Bonchev–Trinajstić information content (AvgIpc) is 2.96. The first-order chi connectivity index (χ1) is 10.8. The Morgan fingerprint density at radius 1 is 1.14 bits per heavy atom. The molecule has 3 rings (SSSR count). The molecule has 0 fully saturated rings. The minimum atomic E-state index is 0.463. The second-order valence-corrected chi connectivity index (χ2v) is 5.42. The van der Waals surface area contributed by atoms with Gasteiger partial charge in [-0.25, -0.2) is 0 Å². The number of nitrogens with zero attached hydrogens (tertiary/aromatic N) is 1. The number of benzene rings is 2. The Kier molecular flexibility index (Phi) is 4.34. The van der Waals surface area contributed by atoms with Crippen molar-refractivity contribution in [1.29, 1.82) is 0 Å². The Morgan fingerprint density at radius 2 is 2.00 bits per heavy atom. The number of fused-ring (bicyclic) bond motifs is 1. The number of hydrazone groups is 1. The number of nitrogens with one attached hydrogen (secondary N) is 2. The summed E-state index contributed by atoms with van der Waals surface area (Å²) in [7, 11) is 1.64. The predicted octanol–water partition coefficient (Wildman–Crippen LogP) is 3.33. The molecule has 112 valence electrons. The topological polar surface area (TPSA) is 45.6 Å². The van der Waals surface area contributed by atoms with Crippen molar-refractivity contribution in [3.8, 4) is 5.75 Å². The molecule has 0 spiro atoms. The molecular weight excluding hydrogens is 294 g/mol. The number of hydrogen-bond acceptors (Lipinski definition) is 3. The van der Waals surface area contributed by atoms with Crippen LogP contribution in [0, 0.1) is 0 Å². The zero-order chi connectivity index (χ0) is 15.4. The highest BCUT2D eigenvalue weighted by Gasteiger charge is 2.16. The minimum absolute atomic E-state index is 0.463. The highest BCUT2D eigenvalue weighted by atomic mass is 32.1. The Hall–Kier alpha value is -2.40. The van der Waals surface area contributed by atoms with Crippen molar-refractivity contribution in [3.63, 3.8) is 0 Å². The maximum absolute atomic E-state index is 5.28. The molecule has 0 aromatic heterocycles. The zero-order valence-electron chi connectivity index (χ0n) is 12.3. The number of ether oxygens (including phenoxy) is 1. The fraction of sp³-hybridized carbons (Fsp3) is 0.176. The standard InChI is InChI=1S/C17H17N3OS/c1-21-14-7-4-6-13(11-14)18-17(22)20-19-16-10-9-12-5-2-3-8-15(12)16/h2-8,11H,9-10H2,1H3,(H2,18,20,22)/b19-16-. The van der Waals surface area contributed by atoms with E-state index in [4.69, 9.17) is 17.0 Å². The summed E-state index contributed by atoms with van der Waals surface area (Å²) >= 11 is 5.28. The van der Waals surface area contributed by atoms with E-state index in [9.17, 15) is 0 Å². The first-order valence-electron chi connectivity index (χ1n) is 7.12. The van der Waals surface area contributed by atoms with Crippen LogP contribution < -0.4 is 15.5 Å². The summed E-state index contributed by atoms with van der Waals surface area (Å²) in [6, 6.07) is 15.9. The molecule has 0 amide bonds. The van der Waals surface area contributed by atoms with E-state index in [1.165, 1.54) is 11.1 Å². The van der Waals surface area contributed by atoms with E-state index in [-0.39, 0.29) is 0 Å². The summed E-state index contributed by atoms with van der Waals surface area (Å²) in [5.41, 5.74) is 7.38. The van der Waals surface area contributed by atoms with Gasteiger partial charge in [0.05, 0.1) is 12.8 Å². The van der Waals surface area contributed by atoms with Crippen LogP contribution in [0.15, 0.2) is 53.6 Å². The van der Waals surface area contributed by atoms with Gasteiger partial charge in [0.2, 0.25) is 0 Å². The van der Waals surface area contributed by atoms with Gasteiger partial charge in [-0.3, -0.25) is 5.43 Å². The van der Waals surface area contributed by atoms with E-state index in [1.54, 1.807) is 7.11 Å². The van der Waals surface area contributed by atoms with E-state index >= 15 is 0 Å². The van der Waals surface area contributed by atoms with Crippen molar-refractivity contribution in [2.75, 3.05) is 12.4 Å². The van der Waals surface area contributed by atoms with Crippen molar-refractivity contribution in [1.82, 2.24) is 5.43 Å². The van der Waals surface area contributed by atoms with Crippen molar-refractivity contribution < 1.29 is 4.74 Å². The highest BCUT2D eigenvalue weighted by molar-refractivity contribution is 7.80. The third-order valence-electron chi connectivity index (χ3n) is 3.58. The van der Waals surface area contributed by atoms with E-state index in [1.807, 2.05) is 30.3 Å². The van der Waals surface area contributed by atoms with Gasteiger partial charge in [0.1, 0.15) is 5.75 Å². The Morgan fingerprint density at radius 3 is 2.86 bits per heavy atom. The minimum Gasteiger partial charge on any atom is -0.497 e. The molecule has 2 N–H and O–H groups in total. The number of thiocarbonyl (C=S) groups is 1. The number of aryl methyl sites for hydroxylation is 1. The van der Waals surface area contributed by atoms with Gasteiger partial charge in [-0.15, -0.1) is 0 Å². The van der Waals surface area contributed by atoms with Gasteiger partial charge in [0.25, 0.3) is 0 Å². The van der Waals surface area contributed by atoms with Gasteiger partial charge in [0.15, 0.2) is 5.11 Å². The molecule has 0 unspecified atom stereocenters. The largest absolute Gasteiger partial charge is 0.497 e. The summed E-state index contributed by atoms with van der Waals surface area (Å²) in [5, 5.41) is 8.00. The summed E-state index contributed by atoms with van der Waals surface area (Å²) in [5.74, 6) is 0.781. The normalized spacial score (nSPS) is 14.5. The zero-order valence-corrected chi connectivity index (χ0v) is 13.1. The molecule has 0 heterocycles. The van der Waals surface area contributed by atoms with Gasteiger partial charge >= 0.3 is 0 Å². The molecule has 0 bridgehead atoms. The lowest BCUT2D eigenvalue weighted by Crippen LogP contribution is -2.25. The smallest absolute Gasteiger partial charge is 0.191 e. The van der Waals surface area contributed by atoms with Crippen molar-refractivity contribution in [2.45, 2.75) is 12.8 Å². The first kappa shape index (κ1) is 14.5. The van der Waals surface area contributed by atoms with Crippen molar-refractivity contribution >= 4 is 28.7 Å². The van der Waals surface area contributed by atoms with Crippen LogP contribution in [0.4, 0.5) is 5.69 Å². The third kappa shape index (κ3) is 3.26. The lowest BCUT2D eigenvalue weighted by atomic mass is 10.1. The monoisotopic (exact) mass is 311 g/mol. The van der Waals surface area contributed by atoms with E-state index < -0.39 is 0 Å². The van der Waals surface area contributed by atoms with E-state index in [2.05, 4.69) is 34.0 Å². The van der Waals surface area contributed by atoms with Gasteiger partial charge < -0.3 is 10.1 Å². The van der Waals surface area contributed by atoms with Crippen LogP contribution in [-0.4, -0.2) is 17.9 Å². The van der Waals surface area contributed by atoms with Crippen LogP contribution in [-0.2, 0) is 6.42 Å². The highest BCUT2D eigenvalue weighted by Crippen LogP contribution is 2.21. The number of hydrogen-bond donors (Lipinski definition) is 2. The molecular formula is C17H17N3OS. The Bertz CT molecular complexity index is 727. The summed E-state index contributed by atoms with van der Waals surface area (Å²) in [6.45, 7) is 0. The van der Waals surface area contributed by atoms with Gasteiger partial charge in [0, 0.05) is 17.3 Å². The number of rotatable bonds is 3. The lowest BCUT2D eigenvalue weighted by Gasteiger charge is -2.09. The number of methoxy groups -OCH3 is 1. The maximum Gasteiger partial charge on any atom is 0.191 e. The molecule has 4 nitrogen and oxygen atoms in total. The quantitative estimate of drug-likeness (QED) is 0.674. The molecule has 0 saturated carbocycles. The van der Waals surface area contributed by atoms with Crippen molar-refractivity contribution in [2.24, 2.45) is 5.10 Å². The van der Waals surface area contributed by atoms with Gasteiger partial charge in [-0.05, 0) is 42.8 Å². The molecule has 0 saturated heterocycles. The van der Waals surface area contributed by atoms with Gasteiger partial charge in [-0.1, -0.05) is 30.3 Å². The molecule has 22 heavy (non-hydrogen) atoms. The molecule has 2 aromatic rings. The maximum atomic E-state index is 5.28. The van der Waals surface area contributed by atoms with Crippen LogP contribution in [0.5, 0.6) is 5.75 Å². The summed E-state index contributed by atoms with van der Waals surface area (Å²) < 4.78 is 5.19. The number of anilines is 1. The fourth-order valence-electron chi connectivity index (χ4n) is 2.50. The van der Waals surface area contributed by atoms with Crippen LogP contribution in [0.25, 0.3) is 0 Å². The average molecular weight is 311 g/mol. The molecule has 2 aromatic carbocycles. The summed E-state index contributed by atoms with van der Waals surface area (Å²) in [4.78, 5) is 0. The first-order valence-corrected chi connectivity index (χ1v) is 7.53. The molecule has 5 heteroatoms. The van der Waals surface area contributed by atoms with Crippen LogP contribution in [0.3, 0.4) is 0 Å². The summed E-state index contributed by atoms with van der Waals surface area (Å²) in [6.07, 6.45) is 1.97. The van der Waals surface area contributed by atoms with E-state index in [0.29, 0.717) is 5.11 Å². The van der Waals surface area contributed by atoms with Crippen molar-refractivity contribution in [3.05, 3.63) is 59.7 Å². The predicted molar refractivity (Wildman–Crippen MR) is 93.7 cm³/mol. The van der Waals surface area contributed by atoms with Crippen LogP contribution >= 0.6 is 12.2 Å². The second kappa shape index (κ2) is 6.58. The fourth-order valence-corrected chi connectivity index (χ4v) is 2.67. The molecule has 0 radical (unpaired) electrons. The molecule has 0 atom stereocenters. The van der Waals surface area contributed by atoms with E-state index in [0.717, 1.165) is 30.0 Å². The Labute approximate surface area is 135 Å². The Balaban J connectivity index is 1.64. The van der Waals surface area contributed by atoms with Gasteiger partial charge in [-0.2, -0.15) is 5.10 Å². The lowest BCUT2D eigenvalue weighted by molar-refractivity contribution is 0.415. The van der Waals surface area contributed by atoms with Crippen LogP contribution in [0.2, 0.25) is 0 Å². The van der Waals surface area contributed by atoms with Crippen LogP contribution in [0.1, 0.15) is 17.5 Å². The third-order valence-corrected chi connectivity index (χ3v) is 3.77. The molecule has 0 aliphatic heterocycles. The second-order valence-electron chi connectivity index (χ2n) is 5.01.